The van der Waals surface area contributed by atoms with E-state index in [1.54, 1.807) is 38.5 Å². The maximum Gasteiger partial charge on any atom is 0.248 e. The van der Waals surface area contributed by atoms with E-state index in [4.69, 9.17) is 23.7 Å². The molecule has 0 heterocycles. The lowest BCUT2D eigenvalue weighted by Crippen LogP contribution is -2.56. The largest absolute Gasteiger partial charge is 0.497 e. The summed E-state index contributed by atoms with van der Waals surface area (Å²) in [5.74, 6) is 1.05. The number of benzene rings is 2. The molecule has 0 saturated carbocycles. The summed E-state index contributed by atoms with van der Waals surface area (Å²) in [7, 11) is 5.97. The highest BCUT2D eigenvalue weighted by molar-refractivity contribution is 14.1. The Kier molecular flexibility index (Phi) is 13.3. The molecule has 4 N–H and O–H groups in total. The molecule has 1 aliphatic rings. The lowest BCUT2D eigenvalue weighted by atomic mass is 9.88. The molecule has 2 aromatic carbocycles. The van der Waals surface area contributed by atoms with Crippen molar-refractivity contribution >= 4 is 34.4 Å². The van der Waals surface area contributed by atoms with E-state index in [0.717, 1.165) is 5.56 Å². The van der Waals surface area contributed by atoms with Crippen LogP contribution in [0.5, 0.6) is 23.0 Å². The number of halogens is 1. The maximum atomic E-state index is 13.4. The smallest absolute Gasteiger partial charge is 0.248 e. The third kappa shape index (κ3) is 8.72. The molecule has 13 heteroatoms. The van der Waals surface area contributed by atoms with Crippen LogP contribution in [-0.4, -0.2) is 105 Å². The summed E-state index contributed by atoms with van der Waals surface area (Å²) in [5.41, 5.74) is 1.68. The molecule has 0 saturated heterocycles. The molecule has 0 spiro atoms. The molecule has 3 unspecified atom stereocenters. The minimum atomic E-state index is -1.25. The van der Waals surface area contributed by atoms with E-state index in [1.165, 1.54) is 25.2 Å². The molecule has 1 aliphatic carbocycles. The van der Waals surface area contributed by atoms with Gasteiger partial charge in [-0.15, -0.1) is 0 Å². The second-order valence-electron chi connectivity index (χ2n) is 9.73. The SMILES string of the molecule is COCC(=O)N(CCc1cc(OC)ccc1OC)C1CC(C(=O)NCCO)=CC(Oc2c(I)cc(CO)cc2OC)C1O. The van der Waals surface area contributed by atoms with Gasteiger partial charge >= 0.3 is 0 Å². The van der Waals surface area contributed by atoms with Gasteiger partial charge in [0.05, 0.1) is 44.2 Å². The summed E-state index contributed by atoms with van der Waals surface area (Å²) in [4.78, 5) is 28.0. The Morgan fingerprint density at radius 3 is 2.42 bits per heavy atom. The van der Waals surface area contributed by atoms with Crippen molar-refractivity contribution in [3.05, 3.63) is 56.7 Å². The van der Waals surface area contributed by atoms with Crippen LogP contribution in [0.25, 0.3) is 0 Å². The normalized spacial score (nSPS) is 18.0. The second-order valence-corrected chi connectivity index (χ2v) is 10.9. The highest BCUT2D eigenvalue weighted by Gasteiger charge is 2.41. The van der Waals surface area contributed by atoms with Gasteiger partial charge in [-0.2, -0.15) is 0 Å². The Labute approximate surface area is 264 Å². The van der Waals surface area contributed by atoms with E-state index in [-0.39, 0.29) is 50.8 Å². The van der Waals surface area contributed by atoms with Gasteiger partial charge in [0.25, 0.3) is 0 Å². The summed E-state index contributed by atoms with van der Waals surface area (Å²) in [6, 6.07) is 7.84. The Hall–Kier alpha value is -3.11. The topological polar surface area (TPSA) is 156 Å². The molecule has 3 atom stereocenters. The van der Waals surface area contributed by atoms with Crippen molar-refractivity contribution in [1.29, 1.82) is 0 Å². The maximum absolute atomic E-state index is 13.4. The predicted octanol–water partition coefficient (Wildman–Crippen LogP) is 1.44. The van der Waals surface area contributed by atoms with Crippen LogP contribution in [0.4, 0.5) is 0 Å². The molecule has 0 bridgehead atoms. The van der Waals surface area contributed by atoms with Gasteiger partial charge < -0.3 is 49.2 Å². The number of aliphatic hydroxyl groups excluding tert-OH is 3. The van der Waals surface area contributed by atoms with Crippen molar-refractivity contribution in [3.8, 4) is 23.0 Å². The number of amides is 2. The zero-order valence-electron chi connectivity index (χ0n) is 24.7. The lowest BCUT2D eigenvalue weighted by molar-refractivity contribution is -0.142. The molecule has 236 valence electrons. The van der Waals surface area contributed by atoms with Crippen LogP contribution in [0.15, 0.2) is 42.0 Å². The third-order valence-electron chi connectivity index (χ3n) is 7.04. The predicted molar refractivity (Wildman–Crippen MR) is 165 cm³/mol. The summed E-state index contributed by atoms with van der Waals surface area (Å²) >= 11 is 2.04. The number of nitrogens with one attached hydrogen (secondary N) is 1. The van der Waals surface area contributed by atoms with Gasteiger partial charge in [-0.05, 0) is 76.5 Å². The molecular weight excluding hydrogens is 675 g/mol. The Morgan fingerprint density at radius 2 is 1.79 bits per heavy atom. The number of rotatable bonds is 15. The summed E-state index contributed by atoms with van der Waals surface area (Å²) in [5, 5.41) is 33.2. The monoisotopic (exact) mass is 714 g/mol. The minimum absolute atomic E-state index is 0.0284. The zero-order valence-corrected chi connectivity index (χ0v) is 26.8. The minimum Gasteiger partial charge on any atom is -0.497 e. The van der Waals surface area contributed by atoms with Crippen LogP contribution in [0.2, 0.25) is 0 Å². The second kappa shape index (κ2) is 16.7. The third-order valence-corrected chi connectivity index (χ3v) is 7.84. The lowest BCUT2D eigenvalue weighted by Gasteiger charge is -2.40. The fraction of sp³-hybridized carbons (Fsp3) is 0.467. The van der Waals surface area contributed by atoms with Crippen LogP contribution < -0.4 is 24.3 Å². The Morgan fingerprint density at radius 1 is 1.05 bits per heavy atom. The van der Waals surface area contributed by atoms with Crippen LogP contribution >= 0.6 is 22.6 Å². The van der Waals surface area contributed by atoms with Gasteiger partial charge in [0, 0.05) is 32.2 Å². The standard InChI is InChI=1S/C30H39IN2O10/c1-39-17-27(36)33(9-7-19-13-21(40-2)5-6-24(19)41-3)23-14-20(30(38)32-8-10-34)15-25(28(23)37)43-29-22(31)11-18(16-35)12-26(29)42-4/h5-6,11-13,15,23,25,28,34-35,37H,7-10,14,16-17H2,1-4H3,(H,32,38). The van der Waals surface area contributed by atoms with Crippen molar-refractivity contribution in [1.82, 2.24) is 10.2 Å². The Balaban J connectivity index is 2.01. The van der Waals surface area contributed by atoms with E-state index in [9.17, 15) is 24.9 Å². The van der Waals surface area contributed by atoms with E-state index in [0.29, 0.717) is 38.6 Å². The molecule has 0 fully saturated rings. The number of ether oxygens (including phenoxy) is 5. The number of methoxy groups -OCH3 is 4. The average molecular weight is 715 g/mol. The fourth-order valence-electron chi connectivity index (χ4n) is 4.89. The van der Waals surface area contributed by atoms with Crippen molar-refractivity contribution in [2.45, 2.75) is 37.7 Å². The summed E-state index contributed by atoms with van der Waals surface area (Å²) in [6.07, 6.45) is -0.399. The summed E-state index contributed by atoms with van der Waals surface area (Å²) < 4.78 is 28.4. The van der Waals surface area contributed by atoms with E-state index >= 15 is 0 Å². The fourth-order valence-corrected chi connectivity index (χ4v) is 5.69. The first-order valence-electron chi connectivity index (χ1n) is 13.6. The van der Waals surface area contributed by atoms with E-state index in [1.807, 2.05) is 28.7 Å². The first-order valence-corrected chi connectivity index (χ1v) is 14.7. The van der Waals surface area contributed by atoms with Crippen LogP contribution in [0, 0.1) is 3.57 Å². The molecule has 2 aromatic rings. The van der Waals surface area contributed by atoms with Crippen molar-refractivity contribution in [2.24, 2.45) is 0 Å². The van der Waals surface area contributed by atoms with Gasteiger partial charge in [0.2, 0.25) is 11.8 Å². The van der Waals surface area contributed by atoms with Gasteiger partial charge in [-0.3, -0.25) is 9.59 Å². The molecular formula is C30H39IN2O10. The average Bonchev–Trinajstić information content (AvgIpc) is 3.01. The molecule has 2 amide bonds. The molecule has 0 aromatic heterocycles. The number of carbonyl (C=O) groups excluding carboxylic acids is 2. The number of carbonyl (C=O) groups is 2. The van der Waals surface area contributed by atoms with Gasteiger partial charge in [-0.25, -0.2) is 0 Å². The number of aliphatic hydroxyl groups is 3. The molecule has 3 rings (SSSR count). The van der Waals surface area contributed by atoms with Crippen molar-refractivity contribution in [3.63, 3.8) is 0 Å². The molecule has 43 heavy (non-hydrogen) atoms. The number of hydrogen-bond donors (Lipinski definition) is 4. The van der Waals surface area contributed by atoms with Crippen molar-refractivity contribution in [2.75, 3.05) is 54.7 Å². The number of hydrogen-bond acceptors (Lipinski definition) is 10. The highest BCUT2D eigenvalue weighted by Crippen LogP contribution is 2.37. The van der Waals surface area contributed by atoms with Crippen LogP contribution in [0.3, 0.4) is 0 Å². The zero-order chi connectivity index (χ0) is 31.5. The first-order chi connectivity index (χ1) is 20.7. The van der Waals surface area contributed by atoms with E-state index in [2.05, 4.69) is 5.32 Å². The quantitative estimate of drug-likeness (QED) is 0.199. The molecule has 0 radical (unpaired) electrons. The summed E-state index contributed by atoms with van der Waals surface area (Å²) in [6.45, 7) is -0.500. The van der Waals surface area contributed by atoms with E-state index < -0.39 is 24.2 Å². The molecule has 12 nitrogen and oxygen atoms in total. The Bertz CT molecular complexity index is 1290. The first kappa shape index (κ1) is 34.4. The van der Waals surface area contributed by atoms with Gasteiger partial charge in [0.15, 0.2) is 11.5 Å². The number of nitrogens with zero attached hydrogens (tertiary/aromatic N) is 1. The van der Waals surface area contributed by atoms with Gasteiger partial charge in [0.1, 0.15) is 30.3 Å². The van der Waals surface area contributed by atoms with Crippen LogP contribution in [0.1, 0.15) is 17.5 Å². The highest BCUT2D eigenvalue weighted by atomic mass is 127. The van der Waals surface area contributed by atoms with Crippen molar-refractivity contribution < 1.29 is 48.6 Å². The molecule has 0 aliphatic heterocycles. The van der Waals surface area contributed by atoms with Crippen LogP contribution in [-0.2, 0) is 27.4 Å². The van der Waals surface area contributed by atoms with Gasteiger partial charge in [-0.1, -0.05) is 0 Å².